The molecule has 0 radical (unpaired) electrons. The van der Waals surface area contributed by atoms with Crippen molar-refractivity contribution in [3.63, 3.8) is 0 Å². The van der Waals surface area contributed by atoms with Gasteiger partial charge in [-0.3, -0.25) is 19.7 Å². The van der Waals surface area contributed by atoms with Gasteiger partial charge in [0, 0.05) is 68.2 Å². The zero-order valence-electron chi connectivity index (χ0n) is 26.6. The van der Waals surface area contributed by atoms with Crippen molar-refractivity contribution < 1.29 is 52.1 Å². The van der Waals surface area contributed by atoms with E-state index < -0.39 is 40.2 Å². The number of methoxy groups -OCH3 is 2. The molecule has 1 aliphatic heterocycles. The molecule has 1 aliphatic rings. The Morgan fingerprint density at radius 3 is 2.16 bits per heavy atom. The van der Waals surface area contributed by atoms with Gasteiger partial charge in [-0.2, -0.15) is 13.2 Å². The second-order valence-electron chi connectivity index (χ2n) is 11.7. The molecule has 0 spiro atoms. The van der Waals surface area contributed by atoms with Crippen molar-refractivity contribution in [3.05, 3.63) is 93.7 Å². The van der Waals surface area contributed by atoms with Crippen LogP contribution >= 0.6 is 0 Å². The molecule has 1 aromatic heterocycles. The summed E-state index contributed by atoms with van der Waals surface area (Å²) in [5.74, 6) is -1.78. The van der Waals surface area contributed by atoms with Crippen molar-refractivity contribution >= 4 is 28.5 Å². The number of alkyl halides is 3. The number of rotatable bonds is 12. The molecular weight excluding hydrogens is 651 g/mol. The standard InChI is InChI=1S/C34H34F3N3O9/c1-47-28-16-22(8-11-30(41)42)17-29(48-2)31(28)49-24-12-14-38(15-13-24)32(43)33(44,34(35,36)37)26-20-39(19-21-6-4-3-5-7-21)27-18-23(40(45)46)9-10-25(26)27/h3-7,9-10,16-18,20,24,44H,8,11-15,19H2,1-2H3,(H,41,42). The highest BCUT2D eigenvalue weighted by molar-refractivity contribution is 5.96. The number of aliphatic hydroxyl groups is 1. The van der Waals surface area contributed by atoms with Crippen LogP contribution in [0.3, 0.4) is 0 Å². The number of likely N-dealkylation sites (tertiary alicyclic amines) is 1. The number of amides is 1. The highest BCUT2D eigenvalue weighted by Gasteiger charge is 2.63. The van der Waals surface area contributed by atoms with Crippen molar-refractivity contribution in [2.75, 3.05) is 27.3 Å². The summed E-state index contributed by atoms with van der Waals surface area (Å²) in [6.07, 6.45) is -4.67. The lowest BCUT2D eigenvalue weighted by atomic mass is 9.90. The summed E-state index contributed by atoms with van der Waals surface area (Å²) in [6, 6.07) is 15.2. The number of carbonyl (C=O) groups excluding carboxylic acids is 1. The van der Waals surface area contributed by atoms with Crippen molar-refractivity contribution in [2.24, 2.45) is 0 Å². The maximum atomic E-state index is 14.9. The minimum absolute atomic E-state index is 0.0246. The Balaban J connectivity index is 1.42. The molecule has 1 fully saturated rings. The number of carboxylic acids is 1. The number of non-ortho nitro benzene ring substituents is 1. The van der Waals surface area contributed by atoms with Crippen LogP contribution in [0.25, 0.3) is 10.9 Å². The van der Waals surface area contributed by atoms with Crippen molar-refractivity contribution in [2.45, 2.75) is 50.1 Å². The van der Waals surface area contributed by atoms with Crippen LogP contribution in [0.4, 0.5) is 18.9 Å². The van der Waals surface area contributed by atoms with Gasteiger partial charge in [-0.05, 0) is 35.7 Å². The van der Waals surface area contributed by atoms with Crippen LogP contribution < -0.4 is 14.2 Å². The number of aromatic nitrogens is 1. The number of nitrogens with zero attached hydrogens (tertiary/aromatic N) is 3. The van der Waals surface area contributed by atoms with Crippen molar-refractivity contribution in [1.29, 1.82) is 0 Å². The Labute approximate surface area is 278 Å². The molecule has 0 aliphatic carbocycles. The quantitative estimate of drug-likeness (QED) is 0.146. The number of aliphatic carboxylic acids is 1. The van der Waals surface area contributed by atoms with Crippen LogP contribution in [0.1, 0.15) is 36.0 Å². The number of aryl methyl sites for hydroxylation is 1. The van der Waals surface area contributed by atoms with Crippen molar-refractivity contribution in [3.8, 4) is 17.2 Å². The van der Waals surface area contributed by atoms with Gasteiger partial charge >= 0.3 is 12.1 Å². The summed E-state index contributed by atoms with van der Waals surface area (Å²) in [6.45, 7) is -0.342. The predicted molar refractivity (Wildman–Crippen MR) is 170 cm³/mol. The molecule has 1 atom stereocenters. The maximum absolute atomic E-state index is 14.9. The first kappa shape index (κ1) is 35.0. The summed E-state index contributed by atoms with van der Waals surface area (Å²) in [7, 11) is 2.80. The molecule has 0 bridgehead atoms. The van der Waals surface area contributed by atoms with Gasteiger partial charge in [0.25, 0.3) is 17.2 Å². The smallest absolute Gasteiger partial charge is 0.430 e. The number of carbonyl (C=O) groups is 2. The first-order valence-corrected chi connectivity index (χ1v) is 15.3. The summed E-state index contributed by atoms with van der Waals surface area (Å²) < 4.78 is 63.2. The SMILES string of the molecule is COc1cc(CCC(=O)O)cc(OC)c1OC1CCN(C(=O)C(O)(c2cn(Cc3ccccc3)c3cc([N+](=O)[O-])ccc23)C(F)(F)F)CC1. The summed E-state index contributed by atoms with van der Waals surface area (Å²) in [5.41, 5.74) is -3.69. The van der Waals surface area contributed by atoms with E-state index in [1.54, 1.807) is 42.5 Å². The zero-order valence-corrected chi connectivity index (χ0v) is 26.6. The van der Waals surface area contributed by atoms with Gasteiger partial charge < -0.3 is 33.9 Å². The molecule has 0 saturated carbocycles. The molecule has 2 N–H and O–H groups in total. The number of hydrogen-bond donors (Lipinski definition) is 2. The Morgan fingerprint density at radius 2 is 1.61 bits per heavy atom. The van der Waals surface area contributed by atoms with Crippen molar-refractivity contribution in [1.82, 2.24) is 9.47 Å². The van der Waals surface area contributed by atoms with E-state index in [9.17, 15) is 38.0 Å². The molecule has 2 heterocycles. The molecule has 3 aromatic carbocycles. The van der Waals surface area contributed by atoms with E-state index in [-0.39, 0.29) is 79.2 Å². The molecule has 1 unspecified atom stereocenters. The number of carboxylic acid groups (broad SMARTS) is 1. The van der Waals surface area contributed by atoms with Crippen LogP contribution in [-0.4, -0.2) is 76.1 Å². The third-order valence-electron chi connectivity index (χ3n) is 8.54. The molecule has 12 nitrogen and oxygen atoms in total. The van der Waals surface area contributed by atoms with Gasteiger partial charge in [-0.15, -0.1) is 0 Å². The number of halogens is 3. The first-order chi connectivity index (χ1) is 23.3. The third kappa shape index (κ3) is 7.11. The monoisotopic (exact) mass is 685 g/mol. The molecule has 1 saturated heterocycles. The van der Waals surface area contributed by atoms with Gasteiger partial charge in [-0.1, -0.05) is 30.3 Å². The Kier molecular flexibility index (Phi) is 10.0. The lowest BCUT2D eigenvalue weighted by Crippen LogP contribution is -2.57. The van der Waals surface area contributed by atoms with E-state index in [1.807, 2.05) is 0 Å². The minimum Gasteiger partial charge on any atom is -0.493 e. The minimum atomic E-state index is -5.45. The maximum Gasteiger partial charge on any atom is 0.430 e. The molecule has 15 heteroatoms. The van der Waals surface area contributed by atoms with Gasteiger partial charge in [0.2, 0.25) is 5.75 Å². The molecule has 49 heavy (non-hydrogen) atoms. The second-order valence-corrected chi connectivity index (χ2v) is 11.7. The van der Waals surface area contributed by atoms with Gasteiger partial charge in [0.1, 0.15) is 6.10 Å². The van der Waals surface area contributed by atoms with E-state index in [0.29, 0.717) is 11.1 Å². The highest BCUT2D eigenvalue weighted by Crippen LogP contribution is 2.45. The first-order valence-electron chi connectivity index (χ1n) is 15.3. The Hall–Kier alpha value is -5.31. The van der Waals surface area contributed by atoms with Crippen LogP contribution in [0.15, 0.2) is 66.9 Å². The third-order valence-corrected chi connectivity index (χ3v) is 8.54. The van der Waals surface area contributed by atoms with E-state index >= 15 is 0 Å². The summed E-state index contributed by atoms with van der Waals surface area (Å²) in [4.78, 5) is 36.6. The number of nitro groups is 1. The average molecular weight is 686 g/mol. The topological polar surface area (TPSA) is 154 Å². The normalized spacial score (nSPS) is 15.1. The summed E-state index contributed by atoms with van der Waals surface area (Å²) >= 11 is 0. The van der Waals surface area contributed by atoms with E-state index in [1.165, 1.54) is 18.8 Å². The van der Waals surface area contributed by atoms with E-state index in [4.69, 9.17) is 19.3 Å². The fraction of sp³-hybridized carbons (Fsp3) is 0.353. The number of ether oxygens (including phenoxy) is 3. The largest absolute Gasteiger partial charge is 0.493 e. The van der Waals surface area contributed by atoms with E-state index in [2.05, 4.69) is 0 Å². The van der Waals surface area contributed by atoms with Gasteiger partial charge in [0.05, 0.1) is 24.7 Å². The highest BCUT2D eigenvalue weighted by atomic mass is 19.4. The van der Waals surface area contributed by atoms with Crippen LogP contribution in [0.5, 0.6) is 17.2 Å². The number of fused-ring (bicyclic) bond motifs is 1. The number of benzene rings is 3. The summed E-state index contributed by atoms with van der Waals surface area (Å²) in [5, 5.41) is 31.9. The predicted octanol–water partition coefficient (Wildman–Crippen LogP) is 5.45. The molecule has 5 rings (SSSR count). The second kappa shape index (κ2) is 14.0. The molecule has 4 aromatic rings. The Morgan fingerprint density at radius 1 is 0.980 bits per heavy atom. The lowest BCUT2D eigenvalue weighted by Gasteiger charge is -2.38. The average Bonchev–Trinajstić information content (AvgIpc) is 3.44. The van der Waals surface area contributed by atoms with Crippen LogP contribution in [0.2, 0.25) is 0 Å². The Bertz CT molecular complexity index is 1830. The van der Waals surface area contributed by atoms with Gasteiger partial charge in [-0.25, -0.2) is 0 Å². The molecule has 1 amide bonds. The fourth-order valence-corrected chi connectivity index (χ4v) is 6.00. The zero-order chi connectivity index (χ0) is 35.5. The fourth-order valence-electron chi connectivity index (χ4n) is 6.00. The van der Waals surface area contributed by atoms with Crippen LogP contribution in [0, 0.1) is 10.1 Å². The molecule has 260 valence electrons. The van der Waals surface area contributed by atoms with E-state index in [0.717, 1.165) is 29.3 Å². The number of piperidine rings is 1. The molecular formula is C34H34F3N3O9. The number of hydrogen-bond acceptors (Lipinski definition) is 8. The van der Waals surface area contributed by atoms with Gasteiger partial charge in [0.15, 0.2) is 11.5 Å². The van der Waals surface area contributed by atoms with Crippen LogP contribution in [-0.2, 0) is 28.2 Å². The lowest BCUT2D eigenvalue weighted by molar-refractivity contribution is -0.384. The number of nitro benzene ring substituents is 1.